The lowest BCUT2D eigenvalue weighted by Crippen LogP contribution is -2.67. The van der Waals surface area contributed by atoms with Gasteiger partial charge in [0.25, 0.3) is 0 Å². The summed E-state index contributed by atoms with van der Waals surface area (Å²) in [5.74, 6) is 3.54. The Hall–Kier alpha value is -1.73. The molecule has 7 heteroatoms. The van der Waals surface area contributed by atoms with E-state index in [1.54, 1.807) is 0 Å². The van der Waals surface area contributed by atoms with Gasteiger partial charge in [-0.25, -0.2) is 9.97 Å². The fraction of sp³-hybridized carbons (Fsp3) is 0.722. The SMILES string of the molecule is O=C1CC(C2CC2)NC(N2CCN(c3ccnc(C4CC4)n3)CC2)N1. The van der Waals surface area contributed by atoms with E-state index in [9.17, 15) is 4.79 Å². The predicted octanol–water partition coefficient (Wildman–Crippen LogP) is 0.648. The minimum atomic E-state index is -0.0126. The van der Waals surface area contributed by atoms with Crippen molar-refractivity contribution in [2.45, 2.75) is 50.4 Å². The van der Waals surface area contributed by atoms with E-state index in [0.29, 0.717) is 24.3 Å². The minimum absolute atomic E-state index is 0.0126. The first kappa shape index (κ1) is 15.5. The summed E-state index contributed by atoms with van der Waals surface area (Å²) in [6.45, 7) is 3.72. The molecule has 2 saturated carbocycles. The number of hydrogen-bond acceptors (Lipinski definition) is 6. The first-order chi connectivity index (χ1) is 12.3. The smallest absolute Gasteiger partial charge is 0.223 e. The molecule has 2 saturated heterocycles. The molecule has 0 bridgehead atoms. The van der Waals surface area contributed by atoms with Gasteiger partial charge in [0.15, 0.2) is 0 Å². The lowest BCUT2D eigenvalue weighted by molar-refractivity contribution is -0.127. The minimum Gasteiger partial charge on any atom is -0.354 e. The van der Waals surface area contributed by atoms with Gasteiger partial charge in [-0.1, -0.05) is 0 Å². The predicted molar refractivity (Wildman–Crippen MR) is 94.0 cm³/mol. The van der Waals surface area contributed by atoms with E-state index in [1.165, 1.54) is 25.7 Å². The molecule has 0 spiro atoms. The van der Waals surface area contributed by atoms with Crippen molar-refractivity contribution in [2.75, 3.05) is 31.1 Å². The van der Waals surface area contributed by atoms with E-state index in [0.717, 1.165) is 37.8 Å². The average Bonchev–Trinajstić information content (AvgIpc) is 3.54. The summed E-state index contributed by atoms with van der Waals surface area (Å²) in [5.41, 5.74) is 0. The maximum Gasteiger partial charge on any atom is 0.223 e. The number of amides is 1. The van der Waals surface area contributed by atoms with Crippen molar-refractivity contribution in [3.8, 4) is 0 Å². The monoisotopic (exact) mass is 342 g/mol. The fourth-order valence-electron chi connectivity index (χ4n) is 4.00. The molecule has 3 heterocycles. The molecule has 0 aromatic carbocycles. The molecule has 2 N–H and O–H groups in total. The molecule has 1 aromatic rings. The molecule has 2 aliphatic heterocycles. The molecule has 4 aliphatic rings. The van der Waals surface area contributed by atoms with Crippen molar-refractivity contribution in [1.29, 1.82) is 0 Å². The second-order valence-corrected chi connectivity index (χ2v) is 7.86. The van der Waals surface area contributed by atoms with Crippen LogP contribution in [0.15, 0.2) is 12.3 Å². The molecule has 2 unspecified atom stereocenters. The molecule has 1 amide bonds. The maximum atomic E-state index is 12.0. The Labute approximate surface area is 148 Å². The zero-order chi connectivity index (χ0) is 16.8. The maximum absolute atomic E-state index is 12.0. The largest absolute Gasteiger partial charge is 0.354 e. The second kappa shape index (κ2) is 6.21. The van der Waals surface area contributed by atoms with Gasteiger partial charge >= 0.3 is 0 Å². The quantitative estimate of drug-likeness (QED) is 0.837. The van der Waals surface area contributed by atoms with Crippen molar-refractivity contribution in [1.82, 2.24) is 25.5 Å². The molecule has 5 rings (SSSR count). The summed E-state index contributed by atoms with van der Waals surface area (Å²) >= 11 is 0. The Morgan fingerprint density at radius 1 is 1.08 bits per heavy atom. The molecule has 0 radical (unpaired) electrons. The van der Waals surface area contributed by atoms with Crippen molar-refractivity contribution in [3.05, 3.63) is 18.1 Å². The van der Waals surface area contributed by atoms with Crippen molar-refractivity contribution >= 4 is 11.7 Å². The summed E-state index contributed by atoms with van der Waals surface area (Å²) in [7, 11) is 0. The van der Waals surface area contributed by atoms with Gasteiger partial charge in [-0.15, -0.1) is 0 Å². The van der Waals surface area contributed by atoms with Crippen molar-refractivity contribution < 1.29 is 4.79 Å². The number of carbonyl (C=O) groups is 1. The number of anilines is 1. The Bertz CT molecular complexity index is 651. The summed E-state index contributed by atoms with van der Waals surface area (Å²) in [5, 5.41) is 6.77. The number of nitrogens with zero attached hydrogens (tertiary/aromatic N) is 4. The average molecular weight is 342 g/mol. The van der Waals surface area contributed by atoms with Gasteiger partial charge in [0.2, 0.25) is 5.91 Å². The Kier molecular flexibility index (Phi) is 3.86. The second-order valence-electron chi connectivity index (χ2n) is 7.86. The third-order valence-electron chi connectivity index (χ3n) is 5.87. The zero-order valence-corrected chi connectivity index (χ0v) is 14.5. The van der Waals surface area contributed by atoms with Crippen LogP contribution in [-0.4, -0.2) is 59.3 Å². The van der Waals surface area contributed by atoms with Crippen LogP contribution in [0.25, 0.3) is 0 Å². The van der Waals surface area contributed by atoms with Crippen LogP contribution in [0.5, 0.6) is 0 Å². The summed E-state index contributed by atoms with van der Waals surface area (Å²) in [6.07, 6.45) is 7.50. The standard InChI is InChI=1S/C18H26N6O/c25-16-11-14(12-1-2-12)20-18(22-16)24-9-7-23(8-10-24)15-5-6-19-17(21-15)13-3-4-13/h5-6,12-14,18,20H,1-4,7-11H2,(H,22,25). The Morgan fingerprint density at radius 3 is 2.60 bits per heavy atom. The molecular formula is C18H26N6O. The summed E-state index contributed by atoms with van der Waals surface area (Å²) in [6, 6.07) is 2.38. The van der Waals surface area contributed by atoms with Gasteiger partial charge in [0.1, 0.15) is 17.9 Å². The normalized spacial score (nSPS) is 31.0. The van der Waals surface area contributed by atoms with Gasteiger partial charge in [-0.05, 0) is 37.7 Å². The first-order valence-corrected chi connectivity index (χ1v) is 9.63. The van der Waals surface area contributed by atoms with Crippen LogP contribution in [0.2, 0.25) is 0 Å². The van der Waals surface area contributed by atoms with E-state index in [-0.39, 0.29) is 12.2 Å². The van der Waals surface area contributed by atoms with Crippen LogP contribution in [0.1, 0.15) is 43.8 Å². The number of nitrogens with one attached hydrogen (secondary N) is 2. The highest BCUT2D eigenvalue weighted by Gasteiger charge is 2.39. The van der Waals surface area contributed by atoms with E-state index in [1.807, 2.05) is 12.3 Å². The Balaban J connectivity index is 1.20. The van der Waals surface area contributed by atoms with Crippen LogP contribution < -0.4 is 15.5 Å². The third kappa shape index (κ3) is 3.35. The molecule has 1 aromatic heterocycles. The van der Waals surface area contributed by atoms with Crippen LogP contribution >= 0.6 is 0 Å². The van der Waals surface area contributed by atoms with Crippen LogP contribution in [0.4, 0.5) is 5.82 Å². The lowest BCUT2D eigenvalue weighted by Gasteiger charge is -2.43. The Morgan fingerprint density at radius 2 is 1.88 bits per heavy atom. The van der Waals surface area contributed by atoms with E-state index >= 15 is 0 Å². The highest BCUT2D eigenvalue weighted by Crippen LogP contribution is 2.38. The third-order valence-corrected chi connectivity index (χ3v) is 5.87. The number of carbonyl (C=O) groups excluding carboxylic acids is 1. The van der Waals surface area contributed by atoms with Gasteiger partial charge in [0.05, 0.1) is 0 Å². The van der Waals surface area contributed by atoms with E-state index in [2.05, 4.69) is 25.4 Å². The number of rotatable bonds is 4. The lowest BCUT2D eigenvalue weighted by atomic mass is 10.1. The molecule has 134 valence electrons. The number of hydrogen-bond donors (Lipinski definition) is 2. The fourth-order valence-corrected chi connectivity index (χ4v) is 4.00. The first-order valence-electron chi connectivity index (χ1n) is 9.63. The van der Waals surface area contributed by atoms with Crippen LogP contribution in [-0.2, 0) is 4.79 Å². The molecular weight excluding hydrogens is 316 g/mol. The van der Waals surface area contributed by atoms with E-state index in [4.69, 9.17) is 4.98 Å². The molecule has 2 aliphatic carbocycles. The van der Waals surface area contributed by atoms with Crippen molar-refractivity contribution in [3.63, 3.8) is 0 Å². The molecule has 25 heavy (non-hydrogen) atoms. The van der Waals surface area contributed by atoms with Crippen LogP contribution in [0.3, 0.4) is 0 Å². The van der Waals surface area contributed by atoms with Gasteiger partial charge in [0, 0.05) is 50.8 Å². The molecule has 7 nitrogen and oxygen atoms in total. The summed E-state index contributed by atoms with van der Waals surface area (Å²) < 4.78 is 0. The van der Waals surface area contributed by atoms with E-state index < -0.39 is 0 Å². The molecule has 4 fully saturated rings. The zero-order valence-electron chi connectivity index (χ0n) is 14.5. The molecule has 2 atom stereocenters. The summed E-state index contributed by atoms with van der Waals surface area (Å²) in [4.78, 5) is 25.9. The highest BCUT2D eigenvalue weighted by atomic mass is 16.2. The van der Waals surface area contributed by atoms with Gasteiger partial charge < -0.3 is 10.2 Å². The van der Waals surface area contributed by atoms with Crippen molar-refractivity contribution in [2.24, 2.45) is 5.92 Å². The van der Waals surface area contributed by atoms with Gasteiger partial charge in [-0.2, -0.15) is 0 Å². The highest BCUT2D eigenvalue weighted by molar-refractivity contribution is 5.77. The van der Waals surface area contributed by atoms with Crippen LogP contribution in [0, 0.1) is 5.92 Å². The topological polar surface area (TPSA) is 73.4 Å². The number of aromatic nitrogens is 2. The number of piperazine rings is 1. The van der Waals surface area contributed by atoms with Gasteiger partial charge in [-0.3, -0.25) is 15.0 Å².